The maximum atomic E-state index is 6.46. The van der Waals surface area contributed by atoms with Crippen LogP contribution in [0.25, 0.3) is 0 Å². The molecule has 2 bridgehead atoms. The fraction of sp³-hybridized carbons (Fsp3) is 0.333. The minimum atomic E-state index is -0.632. The van der Waals surface area contributed by atoms with Gasteiger partial charge in [-0.15, -0.1) is 0 Å². The predicted octanol–water partition coefficient (Wildman–Crippen LogP) is 5.97. The zero-order valence-electron chi connectivity index (χ0n) is 18.3. The molecule has 3 atom stereocenters. The molecule has 1 saturated heterocycles. The lowest BCUT2D eigenvalue weighted by Gasteiger charge is -2.57. The summed E-state index contributed by atoms with van der Waals surface area (Å²) in [5.74, 6) is 1.94. The number of benzene rings is 3. The summed E-state index contributed by atoms with van der Waals surface area (Å²) in [5, 5.41) is 0. The van der Waals surface area contributed by atoms with Crippen molar-refractivity contribution in [2.75, 3.05) is 14.2 Å². The van der Waals surface area contributed by atoms with Crippen molar-refractivity contribution in [1.29, 1.82) is 0 Å². The molecule has 0 radical (unpaired) electrons. The van der Waals surface area contributed by atoms with E-state index in [-0.39, 0.29) is 5.92 Å². The molecule has 4 nitrogen and oxygen atoms in total. The zero-order valence-corrected chi connectivity index (χ0v) is 18.3. The molecule has 0 amide bonds. The molecule has 1 aliphatic carbocycles. The molecular weight excluding hydrogens is 388 g/mol. The summed E-state index contributed by atoms with van der Waals surface area (Å²) < 4.78 is 10.8. The van der Waals surface area contributed by atoms with Crippen LogP contribution in [0.2, 0.25) is 0 Å². The number of rotatable bonds is 6. The standard InChI is InChI=1S/C27H28O4/c1-4-7-21-18-26(19-10-14-22(28-2)15-11-19)24-8-5-6-9-25(24)27(21,31-30-26)20-12-16-23(29-3)17-13-20/h5-6,8-17,21H,4,7,18H2,1-3H3/t21?,26-,27-/m0/s1. The Bertz CT molecular complexity index is 1060. The van der Waals surface area contributed by atoms with E-state index >= 15 is 0 Å². The number of hydrogen-bond acceptors (Lipinski definition) is 4. The van der Waals surface area contributed by atoms with Crippen LogP contribution in [0.4, 0.5) is 0 Å². The molecule has 3 aliphatic rings. The van der Waals surface area contributed by atoms with Gasteiger partial charge in [0.2, 0.25) is 0 Å². The van der Waals surface area contributed by atoms with Crippen LogP contribution in [-0.4, -0.2) is 14.2 Å². The highest BCUT2D eigenvalue weighted by Crippen LogP contribution is 2.62. The van der Waals surface area contributed by atoms with Gasteiger partial charge in [-0.05, 0) is 59.4 Å². The summed E-state index contributed by atoms with van der Waals surface area (Å²) in [6.07, 6.45) is 2.98. The average molecular weight is 417 g/mol. The first-order valence-corrected chi connectivity index (χ1v) is 10.9. The van der Waals surface area contributed by atoms with Crippen LogP contribution in [0.1, 0.15) is 48.4 Å². The van der Waals surface area contributed by atoms with Crippen LogP contribution < -0.4 is 9.47 Å². The molecule has 160 valence electrons. The lowest BCUT2D eigenvalue weighted by molar-refractivity contribution is -0.458. The summed E-state index contributed by atoms with van der Waals surface area (Å²) in [5.41, 5.74) is 3.29. The fourth-order valence-corrected chi connectivity index (χ4v) is 5.42. The smallest absolute Gasteiger partial charge is 0.157 e. The fourth-order valence-electron chi connectivity index (χ4n) is 5.42. The van der Waals surface area contributed by atoms with Crippen molar-refractivity contribution in [3.8, 4) is 11.5 Å². The van der Waals surface area contributed by atoms with Crippen LogP contribution in [0.5, 0.6) is 11.5 Å². The Morgan fingerprint density at radius 3 is 1.94 bits per heavy atom. The highest BCUT2D eigenvalue weighted by Gasteiger charge is 2.61. The van der Waals surface area contributed by atoms with Crippen molar-refractivity contribution in [1.82, 2.24) is 0 Å². The predicted molar refractivity (Wildman–Crippen MR) is 119 cm³/mol. The van der Waals surface area contributed by atoms with Crippen molar-refractivity contribution in [2.24, 2.45) is 5.92 Å². The van der Waals surface area contributed by atoms with E-state index in [0.29, 0.717) is 0 Å². The average Bonchev–Trinajstić information content (AvgIpc) is 2.85. The van der Waals surface area contributed by atoms with Crippen LogP contribution >= 0.6 is 0 Å². The van der Waals surface area contributed by atoms with E-state index in [9.17, 15) is 0 Å². The lowest BCUT2D eigenvalue weighted by atomic mass is 9.59. The summed E-state index contributed by atoms with van der Waals surface area (Å²) in [4.78, 5) is 12.8. The van der Waals surface area contributed by atoms with Gasteiger partial charge in [0, 0.05) is 5.92 Å². The summed E-state index contributed by atoms with van der Waals surface area (Å²) in [6.45, 7) is 2.23. The van der Waals surface area contributed by atoms with Crippen molar-refractivity contribution >= 4 is 0 Å². The summed E-state index contributed by atoms with van der Waals surface area (Å²) >= 11 is 0. The van der Waals surface area contributed by atoms with Crippen LogP contribution in [0.3, 0.4) is 0 Å². The van der Waals surface area contributed by atoms with Crippen LogP contribution in [-0.2, 0) is 21.0 Å². The highest BCUT2D eigenvalue weighted by atomic mass is 17.2. The third-order valence-electron chi connectivity index (χ3n) is 6.90. The first-order valence-electron chi connectivity index (χ1n) is 10.9. The van der Waals surface area contributed by atoms with Gasteiger partial charge in [0.25, 0.3) is 0 Å². The number of ether oxygens (including phenoxy) is 2. The van der Waals surface area contributed by atoms with E-state index in [2.05, 4.69) is 55.5 Å². The maximum Gasteiger partial charge on any atom is 0.157 e. The molecule has 0 saturated carbocycles. The molecule has 0 spiro atoms. The Balaban J connectivity index is 1.71. The topological polar surface area (TPSA) is 36.9 Å². The van der Waals surface area contributed by atoms with E-state index in [1.807, 2.05) is 24.3 Å². The van der Waals surface area contributed by atoms with E-state index in [4.69, 9.17) is 19.2 Å². The highest BCUT2D eigenvalue weighted by molar-refractivity contribution is 5.53. The van der Waals surface area contributed by atoms with Crippen molar-refractivity contribution in [2.45, 2.75) is 37.4 Å². The second-order valence-electron chi connectivity index (χ2n) is 8.42. The van der Waals surface area contributed by atoms with E-state index in [1.54, 1.807) is 14.2 Å². The van der Waals surface area contributed by atoms with Gasteiger partial charge in [0.15, 0.2) is 11.2 Å². The number of fused-ring (bicyclic) bond motifs is 2. The van der Waals surface area contributed by atoms with Crippen LogP contribution in [0, 0.1) is 5.92 Å². The summed E-state index contributed by atoms with van der Waals surface area (Å²) in [7, 11) is 3.37. The monoisotopic (exact) mass is 416 g/mol. The van der Waals surface area contributed by atoms with Gasteiger partial charge >= 0.3 is 0 Å². The van der Waals surface area contributed by atoms with Crippen molar-refractivity contribution in [3.05, 3.63) is 95.1 Å². The maximum absolute atomic E-state index is 6.46. The Labute approximate surface area is 183 Å². The molecule has 31 heavy (non-hydrogen) atoms. The normalized spacial score (nSPS) is 26.4. The molecule has 3 aromatic rings. The molecule has 3 aromatic carbocycles. The van der Waals surface area contributed by atoms with Crippen molar-refractivity contribution < 1.29 is 19.2 Å². The molecule has 0 N–H and O–H groups in total. The first kappa shape index (κ1) is 20.1. The third kappa shape index (κ3) is 2.89. The quantitative estimate of drug-likeness (QED) is 0.464. The van der Waals surface area contributed by atoms with Gasteiger partial charge < -0.3 is 9.47 Å². The number of methoxy groups -OCH3 is 2. The molecule has 2 aliphatic heterocycles. The van der Waals surface area contributed by atoms with E-state index < -0.39 is 11.2 Å². The lowest BCUT2D eigenvalue weighted by Crippen LogP contribution is -2.57. The minimum Gasteiger partial charge on any atom is -0.497 e. The van der Waals surface area contributed by atoms with Crippen LogP contribution in [0.15, 0.2) is 72.8 Å². The largest absolute Gasteiger partial charge is 0.497 e. The molecule has 1 unspecified atom stereocenters. The van der Waals surface area contributed by atoms with Crippen molar-refractivity contribution in [3.63, 3.8) is 0 Å². The molecular formula is C27H28O4. The third-order valence-corrected chi connectivity index (χ3v) is 6.90. The molecule has 1 fully saturated rings. The first-order chi connectivity index (χ1) is 15.2. The number of hydrogen-bond donors (Lipinski definition) is 0. The van der Waals surface area contributed by atoms with Gasteiger partial charge in [-0.2, -0.15) is 0 Å². The van der Waals surface area contributed by atoms with E-state index in [0.717, 1.165) is 41.9 Å². The molecule has 0 aromatic heterocycles. The summed E-state index contributed by atoms with van der Waals surface area (Å²) in [6, 6.07) is 24.9. The molecule has 6 rings (SSSR count). The van der Waals surface area contributed by atoms with Gasteiger partial charge in [-0.25, -0.2) is 9.78 Å². The molecule has 4 heteroatoms. The van der Waals surface area contributed by atoms with E-state index in [1.165, 1.54) is 11.1 Å². The SMILES string of the molecule is CCCC1C[C@@]2(c3ccc(OC)cc3)OO[C@]1(c1ccc(OC)cc1)c1ccccc12. The Kier molecular flexibility index (Phi) is 4.99. The molecule has 2 heterocycles. The van der Waals surface area contributed by atoms with Gasteiger partial charge in [-0.3, -0.25) is 0 Å². The minimum absolute atomic E-state index is 0.275. The van der Waals surface area contributed by atoms with Gasteiger partial charge in [0.05, 0.1) is 14.2 Å². The second kappa shape index (κ2) is 7.70. The van der Waals surface area contributed by atoms with Gasteiger partial charge in [-0.1, -0.05) is 61.9 Å². The second-order valence-corrected chi connectivity index (χ2v) is 8.42. The Morgan fingerprint density at radius 2 is 1.35 bits per heavy atom. The zero-order chi connectivity index (χ0) is 21.5. The van der Waals surface area contributed by atoms with Gasteiger partial charge in [0.1, 0.15) is 11.5 Å². The Hall–Kier alpha value is -2.82. The Morgan fingerprint density at radius 1 is 0.774 bits per heavy atom.